The zero-order chi connectivity index (χ0) is 9.94. The highest BCUT2D eigenvalue weighted by Gasteiger charge is 2.02. The van der Waals surface area contributed by atoms with E-state index in [-0.39, 0.29) is 6.61 Å². The number of aliphatic hydroxyl groups excluding tert-OH is 1. The fourth-order valence-corrected chi connectivity index (χ4v) is 1.55. The summed E-state index contributed by atoms with van der Waals surface area (Å²) in [5, 5.41) is 8.80. The lowest BCUT2D eigenvalue weighted by Gasteiger charge is -2.20. The molecule has 1 N–H and O–H groups in total. The van der Waals surface area contributed by atoms with Crippen LogP contribution in [0.25, 0.3) is 0 Å². The molecule has 0 aromatic carbocycles. The molecular weight excluding hydrogens is 186 g/mol. The molecule has 0 bridgehead atoms. The first-order valence-corrected chi connectivity index (χ1v) is 6.05. The smallest absolute Gasteiger partial charge is 0.0589 e. The minimum absolute atomic E-state index is 0.239. The second-order valence-electron chi connectivity index (χ2n) is 2.90. The molecule has 0 radical (unpaired) electrons. The Balaban J connectivity index is 3.41. The van der Waals surface area contributed by atoms with Gasteiger partial charge in [-0.15, -0.1) is 0 Å². The van der Waals surface area contributed by atoms with Gasteiger partial charge in [0.25, 0.3) is 0 Å². The second kappa shape index (κ2) is 10.3. The van der Waals surface area contributed by atoms with Crippen molar-refractivity contribution in [2.45, 2.75) is 6.42 Å². The predicted molar refractivity (Wildman–Crippen MR) is 58.4 cm³/mol. The molecule has 0 heterocycles. The summed E-state index contributed by atoms with van der Waals surface area (Å²) < 4.78 is 5.00. The molecular formula is C9H21NO2S. The van der Waals surface area contributed by atoms with Gasteiger partial charge in [-0.05, 0) is 25.0 Å². The zero-order valence-corrected chi connectivity index (χ0v) is 9.48. The van der Waals surface area contributed by atoms with Crippen molar-refractivity contribution in [3.05, 3.63) is 0 Å². The first-order chi connectivity index (χ1) is 6.35. The van der Waals surface area contributed by atoms with E-state index in [1.54, 1.807) is 7.11 Å². The monoisotopic (exact) mass is 207 g/mol. The summed E-state index contributed by atoms with van der Waals surface area (Å²) in [6.07, 6.45) is 3.30. The third-order valence-electron chi connectivity index (χ3n) is 1.85. The maximum Gasteiger partial charge on any atom is 0.0589 e. The second-order valence-corrected chi connectivity index (χ2v) is 3.89. The van der Waals surface area contributed by atoms with Crippen molar-refractivity contribution in [3.63, 3.8) is 0 Å². The normalized spacial score (nSPS) is 11.1. The van der Waals surface area contributed by atoms with Gasteiger partial charge in [-0.2, -0.15) is 11.8 Å². The van der Waals surface area contributed by atoms with Gasteiger partial charge in [-0.1, -0.05) is 0 Å². The highest BCUT2D eigenvalue weighted by atomic mass is 32.2. The van der Waals surface area contributed by atoms with Crippen LogP contribution in [-0.2, 0) is 4.74 Å². The minimum Gasteiger partial charge on any atom is -0.395 e. The maximum absolute atomic E-state index is 8.80. The van der Waals surface area contributed by atoms with Gasteiger partial charge >= 0.3 is 0 Å². The molecule has 0 saturated carbocycles. The highest BCUT2D eigenvalue weighted by Crippen LogP contribution is 1.98. The van der Waals surface area contributed by atoms with Crippen LogP contribution in [0, 0.1) is 0 Å². The summed E-state index contributed by atoms with van der Waals surface area (Å²) in [7, 11) is 1.71. The van der Waals surface area contributed by atoms with Crippen LogP contribution in [0.2, 0.25) is 0 Å². The van der Waals surface area contributed by atoms with E-state index in [0.29, 0.717) is 0 Å². The van der Waals surface area contributed by atoms with Crippen LogP contribution in [0.3, 0.4) is 0 Å². The third kappa shape index (κ3) is 8.56. The quantitative estimate of drug-likeness (QED) is 0.564. The fourth-order valence-electron chi connectivity index (χ4n) is 1.13. The fraction of sp³-hybridized carbons (Fsp3) is 1.00. The first kappa shape index (κ1) is 13.2. The Hall–Kier alpha value is 0.230. The lowest BCUT2D eigenvalue weighted by Crippen LogP contribution is -2.31. The molecule has 80 valence electrons. The van der Waals surface area contributed by atoms with E-state index < -0.39 is 0 Å². The average molecular weight is 207 g/mol. The molecule has 0 aromatic rings. The number of methoxy groups -OCH3 is 1. The molecule has 0 aromatic heterocycles. The van der Waals surface area contributed by atoms with Crippen LogP contribution < -0.4 is 0 Å². The van der Waals surface area contributed by atoms with E-state index in [0.717, 1.165) is 26.2 Å². The molecule has 0 aliphatic rings. The standard InChI is InChI=1S/C9H21NO2S/c1-12-8-6-10(5-7-11)4-3-9-13-2/h11H,3-9H2,1-2H3. The van der Waals surface area contributed by atoms with Gasteiger partial charge < -0.3 is 9.84 Å². The van der Waals surface area contributed by atoms with E-state index in [1.165, 1.54) is 12.2 Å². The maximum atomic E-state index is 8.80. The molecule has 0 fully saturated rings. The Bertz CT molecular complexity index is 104. The number of thioether (sulfide) groups is 1. The van der Waals surface area contributed by atoms with Gasteiger partial charge in [0.1, 0.15) is 0 Å². The van der Waals surface area contributed by atoms with E-state index in [9.17, 15) is 0 Å². The van der Waals surface area contributed by atoms with Gasteiger partial charge in [-0.3, -0.25) is 4.90 Å². The van der Waals surface area contributed by atoms with Crippen molar-refractivity contribution in [2.24, 2.45) is 0 Å². The van der Waals surface area contributed by atoms with Gasteiger partial charge in [-0.25, -0.2) is 0 Å². The molecule has 0 atom stereocenters. The van der Waals surface area contributed by atoms with Crippen molar-refractivity contribution in [2.75, 3.05) is 52.0 Å². The summed E-state index contributed by atoms with van der Waals surface area (Å²) in [4.78, 5) is 2.24. The molecule has 4 heteroatoms. The summed E-state index contributed by atoms with van der Waals surface area (Å²) >= 11 is 1.87. The molecule has 13 heavy (non-hydrogen) atoms. The number of hydrogen-bond donors (Lipinski definition) is 1. The molecule has 0 unspecified atom stereocenters. The van der Waals surface area contributed by atoms with Crippen molar-refractivity contribution < 1.29 is 9.84 Å². The summed E-state index contributed by atoms with van der Waals surface area (Å²) in [6, 6.07) is 0. The highest BCUT2D eigenvalue weighted by molar-refractivity contribution is 7.98. The number of ether oxygens (including phenoxy) is 1. The molecule has 3 nitrogen and oxygen atoms in total. The van der Waals surface area contributed by atoms with E-state index in [2.05, 4.69) is 11.2 Å². The van der Waals surface area contributed by atoms with E-state index in [4.69, 9.17) is 9.84 Å². The molecule has 0 aliphatic heterocycles. The van der Waals surface area contributed by atoms with Crippen molar-refractivity contribution in [3.8, 4) is 0 Å². The van der Waals surface area contributed by atoms with Crippen LogP contribution in [0.4, 0.5) is 0 Å². The lowest BCUT2D eigenvalue weighted by molar-refractivity contribution is 0.131. The Morgan fingerprint density at radius 1 is 1.31 bits per heavy atom. The zero-order valence-electron chi connectivity index (χ0n) is 8.66. The van der Waals surface area contributed by atoms with Crippen LogP contribution in [-0.4, -0.2) is 62.0 Å². The lowest BCUT2D eigenvalue weighted by atomic mass is 10.4. The van der Waals surface area contributed by atoms with Crippen molar-refractivity contribution in [1.82, 2.24) is 4.90 Å². The molecule has 0 amide bonds. The summed E-state index contributed by atoms with van der Waals surface area (Å²) in [5.41, 5.74) is 0. The van der Waals surface area contributed by atoms with E-state index >= 15 is 0 Å². The minimum atomic E-state index is 0.239. The summed E-state index contributed by atoms with van der Waals surface area (Å²) in [5.74, 6) is 1.19. The molecule has 0 spiro atoms. The Morgan fingerprint density at radius 3 is 2.62 bits per heavy atom. The van der Waals surface area contributed by atoms with Crippen molar-refractivity contribution >= 4 is 11.8 Å². The topological polar surface area (TPSA) is 32.7 Å². The van der Waals surface area contributed by atoms with Crippen LogP contribution >= 0.6 is 11.8 Å². The van der Waals surface area contributed by atoms with Gasteiger partial charge in [0, 0.05) is 20.2 Å². The largest absolute Gasteiger partial charge is 0.395 e. The Morgan fingerprint density at radius 2 is 2.08 bits per heavy atom. The van der Waals surface area contributed by atoms with Crippen LogP contribution in [0.5, 0.6) is 0 Å². The number of rotatable bonds is 9. The van der Waals surface area contributed by atoms with Gasteiger partial charge in [0.2, 0.25) is 0 Å². The molecule has 0 rings (SSSR count). The summed E-state index contributed by atoms with van der Waals surface area (Å²) in [6.45, 7) is 3.73. The van der Waals surface area contributed by atoms with Crippen LogP contribution in [0.15, 0.2) is 0 Å². The van der Waals surface area contributed by atoms with Crippen molar-refractivity contribution in [1.29, 1.82) is 0 Å². The Kier molecular flexibility index (Phi) is 10.5. The predicted octanol–water partition coefficient (Wildman–Crippen LogP) is 0.680. The molecule has 0 saturated heterocycles. The average Bonchev–Trinajstić information content (AvgIpc) is 2.14. The van der Waals surface area contributed by atoms with Gasteiger partial charge in [0.05, 0.1) is 13.2 Å². The number of hydrogen-bond acceptors (Lipinski definition) is 4. The third-order valence-corrected chi connectivity index (χ3v) is 2.55. The first-order valence-electron chi connectivity index (χ1n) is 4.66. The SMILES string of the molecule is COCCN(CCO)CCCSC. The number of aliphatic hydroxyl groups is 1. The Labute approximate surface area is 85.4 Å². The van der Waals surface area contributed by atoms with Gasteiger partial charge in [0.15, 0.2) is 0 Å². The number of nitrogens with zero attached hydrogens (tertiary/aromatic N) is 1. The van der Waals surface area contributed by atoms with E-state index in [1.807, 2.05) is 11.8 Å². The van der Waals surface area contributed by atoms with Crippen LogP contribution in [0.1, 0.15) is 6.42 Å². The molecule has 0 aliphatic carbocycles.